The van der Waals surface area contributed by atoms with E-state index in [4.69, 9.17) is 4.74 Å². The number of alkyl halides is 3. The Kier molecular flexibility index (Phi) is 5.15. The van der Waals surface area contributed by atoms with E-state index in [1.807, 2.05) is 0 Å². The van der Waals surface area contributed by atoms with Crippen LogP contribution < -0.4 is 0 Å². The van der Waals surface area contributed by atoms with Gasteiger partial charge in [-0.25, -0.2) is 0 Å². The summed E-state index contributed by atoms with van der Waals surface area (Å²) in [6.45, 7) is 0.897. The van der Waals surface area contributed by atoms with E-state index in [1.165, 1.54) is 6.08 Å². The lowest BCUT2D eigenvalue weighted by Crippen LogP contribution is -2.00. The number of allylic oxidation sites excluding steroid dienone is 2. The second-order valence-electron chi connectivity index (χ2n) is 3.89. The van der Waals surface area contributed by atoms with Crippen molar-refractivity contribution in [3.05, 3.63) is 12.2 Å². The molecule has 0 amide bonds. The Morgan fingerprint density at radius 2 is 1.80 bits per heavy atom. The fourth-order valence-corrected chi connectivity index (χ4v) is 1.44. The molecule has 0 bridgehead atoms. The van der Waals surface area contributed by atoms with Crippen LogP contribution in [0.1, 0.15) is 38.5 Å². The molecule has 1 aliphatic rings. The smallest absolute Gasteiger partial charge is 0.373 e. The summed E-state index contributed by atoms with van der Waals surface area (Å²) in [5.41, 5.74) is 0. The van der Waals surface area contributed by atoms with Crippen molar-refractivity contribution < 1.29 is 17.9 Å². The highest BCUT2D eigenvalue weighted by Crippen LogP contribution is 2.19. The van der Waals surface area contributed by atoms with E-state index in [9.17, 15) is 13.2 Å². The molecule has 0 saturated carbocycles. The molecule has 1 fully saturated rings. The Morgan fingerprint density at radius 1 is 1.13 bits per heavy atom. The van der Waals surface area contributed by atoms with Crippen LogP contribution >= 0.6 is 0 Å². The molecule has 1 unspecified atom stereocenters. The van der Waals surface area contributed by atoms with E-state index < -0.39 is 6.18 Å². The van der Waals surface area contributed by atoms with Gasteiger partial charge in [0.2, 0.25) is 0 Å². The molecule has 1 nitrogen and oxygen atoms in total. The molecular weight excluding hydrogens is 205 g/mol. The van der Waals surface area contributed by atoms with Crippen molar-refractivity contribution in [2.45, 2.75) is 50.8 Å². The van der Waals surface area contributed by atoms with Crippen LogP contribution in [-0.4, -0.2) is 18.9 Å². The largest absolute Gasteiger partial charge is 0.409 e. The predicted octanol–water partition coefficient (Wildman–Crippen LogP) is 3.84. The number of unbranched alkanes of at least 4 members (excludes halogenated alkanes) is 4. The highest BCUT2D eigenvalue weighted by atomic mass is 19.4. The number of rotatable bonds is 7. The molecule has 0 aromatic carbocycles. The van der Waals surface area contributed by atoms with Gasteiger partial charge in [0.25, 0.3) is 0 Å². The number of halogens is 3. The molecule has 0 spiro atoms. The zero-order chi connectivity index (χ0) is 11.1. The molecule has 88 valence electrons. The SMILES string of the molecule is FC(F)(F)C=CCCCCCCC1CO1. The van der Waals surface area contributed by atoms with Crippen molar-refractivity contribution in [3.63, 3.8) is 0 Å². The monoisotopic (exact) mass is 222 g/mol. The highest BCUT2D eigenvalue weighted by molar-refractivity contribution is 4.88. The second kappa shape index (κ2) is 6.16. The molecular formula is C11H17F3O. The lowest BCUT2D eigenvalue weighted by Gasteiger charge is -1.99. The number of hydrogen-bond donors (Lipinski definition) is 0. The summed E-state index contributed by atoms with van der Waals surface area (Å²) < 4.78 is 40.1. The van der Waals surface area contributed by atoms with Crippen molar-refractivity contribution in [2.75, 3.05) is 6.61 Å². The lowest BCUT2D eigenvalue weighted by molar-refractivity contribution is -0.0800. The summed E-state index contributed by atoms with van der Waals surface area (Å²) in [5.74, 6) is 0. The van der Waals surface area contributed by atoms with Gasteiger partial charge in [0.05, 0.1) is 12.7 Å². The van der Waals surface area contributed by atoms with Crippen LogP contribution in [0.5, 0.6) is 0 Å². The summed E-state index contributed by atoms with van der Waals surface area (Å²) in [6.07, 6.45) is 3.59. The first-order chi connectivity index (χ1) is 7.08. The minimum absolute atomic E-state index is 0.324. The zero-order valence-electron chi connectivity index (χ0n) is 8.72. The van der Waals surface area contributed by atoms with E-state index >= 15 is 0 Å². The molecule has 0 N–H and O–H groups in total. The Bertz CT molecular complexity index is 194. The highest BCUT2D eigenvalue weighted by Gasteiger charge is 2.21. The van der Waals surface area contributed by atoms with Gasteiger partial charge in [-0.15, -0.1) is 0 Å². The first-order valence-electron chi connectivity index (χ1n) is 5.44. The Labute approximate surface area is 88.3 Å². The standard InChI is InChI=1S/C11H17F3O/c12-11(13,14)8-6-4-2-1-3-5-7-10-9-15-10/h6,8,10H,1-5,7,9H2. The number of hydrogen-bond acceptors (Lipinski definition) is 1. The maximum Gasteiger partial charge on any atom is 0.409 e. The molecule has 0 aromatic heterocycles. The Hall–Kier alpha value is -0.510. The average Bonchev–Trinajstić information content (AvgIpc) is 2.91. The molecule has 0 aliphatic carbocycles. The van der Waals surface area contributed by atoms with Gasteiger partial charge in [0, 0.05) is 6.08 Å². The van der Waals surface area contributed by atoms with Crippen LogP contribution in [0.15, 0.2) is 12.2 Å². The molecule has 1 saturated heterocycles. The van der Waals surface area contributed by atoms with E-state index in [0.717, 1.165) is 38.7 Å². The van der Waals surface area contributed by atoms with Gasteiger partial charge in [-0.3, -0.25) is 0 Å². The quantitative estimate of drug-likeness (QED) is 0.362. The fraction of sp³-hybridized carbons (Fsp3) is 0.818. The van der Waals surface area contributed by atoms with Crippen molar-refractivity contribution in [2.24, 2.45) is 0 Å². The minimum atomic E-state index is -4.15. The fourth-order valence-electron chi connectivity index (χ4n) is 1.44. The third-order valence-electron chi connectivity index (χ3n) is 2.36. The van der Waals surface area contributed by atoms with Gasteiger partial charge < -0.3 is 4.74 Å². The summed E-state index contributed by atoms with van der Waals surface area (Å²) in [7, 11) is 0. The van der Waals surface area contributed by atoms with Crippen LogP contribution in [-0.2, 0) is 4.74 Å². The lowest BCUT2D eigenvalue weighted by atomic mass is 10.1. The molecule has 1 atom stereocenters. The third-order valence-corrected chi connectivity index (χ3v) is 2.36. The van der Waals surface area contributed by atoms with Gasteiger partial charge in [0.1, 0.15) is 0 Å². The van der Waals surface area contributed by atoms with Gasteiger partial charge in [0.15, 0.2) is 0 Å². The topological polar surface area (TPSA) is 12.5 Å². The number of epoxide rings is 1. The van der Waals surface area contributed by atoms with Crippen LogP contribution in [0, 0.1) is 0 Å². The van der Waals surface area contributed by atoms with E-state index in [2.05, 4.69) is 0 Å². The molecule has 1 aliphatic heterocycles. The molecule has 15 heavy (non-hydrogen) atoms. The Balaban J connectivity index is 1.81. The summed E-state index contributed by atoms with van der Waals surface area (Å²) in [4.78, 5) is 0. The molecule has 4 heteroatoms. The molecule has 1 heterocycles. The van der Waals surface area contributed by atoms with Crippen molar-refractivity contribution in [3.8, 4) is 0 Å². The molecule has 1 rings (SSSR count). The van der Waals surface area contributed by atoms with Crippen LogP contribution in [0.4, 0.5) is 13.2 Å². The van der Waals surface area contributed by atoms with Crippen LogP contribution in [0.2, 0.25) is 0 Å². The summed E-state index contributed by atoms with van der Waals surface area (Å²) in [5, 5.41) is 0. The normalized spacial score (nSPS) is 21.1. The third kappa shape index (κ3) is 8.48. The van der Waals surface area contributed by atoms with E-state index in [0.29, 0.717) is 18.6 Å². The molecule has 0 radical (unpaired) electrons. The Morgan fingerprint density at radius 3 is 2.40 bits per heavy atom. The van der Waals surface area contributed by atoms with E-state index in [1.54, 1.807) is 0 Å². The summed E-state index contributed by atoms with van der Waals surface area (Å²) >= 11 is 0. The van der Waals surface area contributed by atoms with E-state index in [-0.39, 0.29) is 0 Å². The predicted molar refractivity (Wildman–Crippen MR) is 52.6 cm³/mol. The van der Waals surface area contributed by atoms with Gasteiger partial charge >= 0.3 is 6.18 Å². The van der Waals surface area contributed by atoms with Crippen LogP contribution in [0.25, 0.3) is 0 Å². The first-order valence-corrected chi connectivity index (χ1v) is 5.44. The minimum Gasteiger partial charge on any atom is -0.373 e. The zero-order valence-corrected chi connectivity index (χ0v) is 8.72. The number of ether oxygens (including phenoxy) is 1. The average molecular weight is 222 g/mol. The first kappa shape index (κ1) is 12.6. The van der Waals surface area contributed by atoms with Crippen molar-refractivity contribution in [1.29, 1.82) is 0 Å². The second-order valence-corrected chi connectivity index (χ2v) is 3.89. The van der Waals surface area contributed by atoms with Gasteiger partial charge in [-0.2, -0.15) is 13.2 Å². The summed E-state index contributed by atoms with van der Waals surface area (Å²) in [6, 6.07) is 0. The van der Waals surface area contributed by atoms with Crippen molar-refractivity contribution in [1.82, 2.24) is 0 Å². The van der Waals surface area contributed by atoms with Crippen LogP contribution in [0.3, 0.4) is 0 Å². The molecule has 0 aromatic rings. The van der Waals surface area contributed by atoms with Gasteiger partial charge in [-0.1, -0.05) is 25.3 Å². The maximum atomic E-state index is 11.7. The van der Waals surface area contributed by atoms with Crippen molar-refractivity contribution >= 4 is 0 Å². The van der Waals surface area contributed by atoms with Gasteiger partial charge in [-0.05, 0) is 19.3 Å². The maximum absolute atomic E-state index is 11.7.